The molecular formula is C20H30N2O3. The van der Waals surface area contributed by atoms with Crippen LogP contribution in [-0.2, 0) is 20.9 Å². The zero-order valence-corrected chi connectivity index (χ0v) is 15.9. The molecule has 1 saturated heterocycles. The van der Waals surface area contributed by atoms with Crippen molar-refractivity contribution in [3.8, 4) is 0 Å². The van der Waals surface area contributed by atoms with Gasteiger partial charge in [-0.15, -0.1) is 0 Å². The monoisotopic (exact) mass is 346 g/mol. The van der Waals surface area contributed by atoms with Gasteiger partial charge < -0.3 is 14.5 Å². The number of benzene rings is 1. The molecule has 1 unspecified atom stereocenters. The van der Waals surface area contributed by atoms with Gasteiger partial charge >= 0.3 is 0 Å². The first-order valence-corrected chi connectivity index (χ1v) is 8.96. The van der Waals surface area contributed by atoms with Gasteiger partial charge in [0, 0.05) is 47.1 Å². The van der Waals surface area contributed by atoms with E-state index in [-0.39, 0.29) is 11.8 Å². The number of carbonyl (C=O) groups is 2. The lowest BCUT2D eigenvalue weighted by molar-refractivity contribution is -0.140. The lowest BCUT2D eigenvalue weighted by atomic mass is 9.87. The third kappa shape index (κ3) is 5.05. The second-order valence-corrected chi connectivity index (χ2v) is 7.11. The maximum absolute atomic E-state index is 12.6. The Morgan fingerprint density at radius 1 is 1.32 bits per heavy atom. The van der Waals surface area contributed by atoms with Crippen molar-refractivity contribution in [2.45, 2.75) is 51.7 Å². The van der Waals surface area contributed by atoms with E-state index in [0.29, 0.717) is 25.9 Å². The maximum atomic E-state index is 12.6. The van der Waals surface area contributed by atoms with Crippen molar-refractivity contribution in [1.82, 2.24) is 9.80 Å². The molecule has 1 aromatic rings. The van der Waals surface area contributed by atoms with Gasteiger partial charge in [-0.1, -0.05) is 24.3 Å². The Bertz CT molecular complexity index is 617. The number of nitrogens with zero attached hydrogens (tertiary/aromatic N) is 2. The summed E-state index contributed by atoms with van der Waals surface area (Å²) in [6.45, 7) is 5.62. The van der Waals surface area contributed by atoms with Crippen LogP contribution in [0.2, 0.25) is 0 Å². The summed E-state index contributed by atoms with van der Waals surface area (Å²) >= 11 is 0. The fraction of sp³-hybridized carbons (Fsp3) is 0.600. The third-order valence-corrected chi connectivity index (χ3v) is 5.31. The molecule has 1 aliphatic rings. The Balaban J connectivity index is 1.93. The second-order valence-electron chi connectivity index (χ2n) is 7.11. The molecular weight excluding hydrogens is 316 g/mol. The van der Waals surface area contributed by atoms with Gasteiger partial charge in [-0.3, -0.25) is 9.59 Å². The number of likely N-dealkylation sites (tertiary alicyclic amines) is 1. The molecule has 5 heteroatoms. The van der Waals surface area contributed by atoms with Gasteiger partial charge in [0.15, 0.2) is 0 Å². The molecule has 138 valence electrons. The fourth-order valence-electron chi connectivity index (χ4n) is 3.50. The van der Waals surface area contributed by atoms with Crippen molar-refractivity contribution in [1.29, 1.82) is 0 Å². The topological polar surface area (TPSA) is 49.9 Å². The molecule has 0 bridgehead atoms. The third-order valence-electron chi connectivity index (χ3n) is 5.31. The number of carbonyl (C=O) groups excluding carboxylic acids is 2. The molecule has 5 nitrogen and oxygen atoms in total. The van der Waals surface area contributed by atoms with Gasteiger partial charge in [0.25, 0.3) is 0 Å². The first kappa shape index (κ1) is 19.4. The lowest BCUT2D eigenvalue weighted by Gasteiger charge is -2.41. The average Bonchev–Trinajstić information content (AvgIpc) is 2.61. The molecule has 0 saturated carbocycles. The zero-order chi connectivity index (χ0) is 18.4. The van der Waals surface area contributed by atoms with Crippen molar-refractivity contribution < 1.29 is 14.3 Å². The largest absolute Gasteiger partial charge is 0.376 e. The van der Waals surface area contributed by atoms with Crippen molar-refractivity contribution in [2.24, 2.45) is 0 Å². The van der Waals surface area contributed by atoms with Crippen LogP contribution in [0.15, 0.2) is 24.3 Å². The zero-order valence-electron chi connectivity index (χ0n) is 15.9. The summed E-state index contributed by atoms with van der Waals surface area (Å²) < 4.78 is 5.76. The Kier molecular flexibility index (Phi) is 6.59. The van der Waals surface area contributed by atoms with Gasteiger partial charge in [-0.25, -0.2) is 0 Å². The molecule has 2 rings (SSSR count). The normalized spacial score (nSPS) is 20.4. The minimum Gasteiger partial charge on any atom is -0.376 e. The number of hydrogen-bond acceptors (Lipinski definition) is 3. The van der Waals surface area contributed by atoms with Crippen LogP contribution in [0.3, 0.4) is 0 Å². The molecule has 2 amide bonds. The number of methoxy groups -OCH3 is 1. The van der Waals surface area contributed by atoms with Crippen LogP contribution in [0.4, 0.5) is 0 Å². The van der Waals surface area contributed by atoms with Gasteiger partial charge in [0.2, 0.25) is 11.8 Å². The Labute approximate surface area is 150 Å². The Hall–Kier alpha value is -1.88. The number of aryl methyl sites for hydroxylation is 1. The van der Waals surface area contributed by atoms with E-state index in [2.05, 4.69) is 19.1 Å². The SMILES string of the molecule is COC1(CCC(=O)N(C)Cc2ccccc2C)CCCN(C(C)=O)C1. The summed E-state index contributed by atoms with van der Waals surface area (Å²) in [7, 11) is 3.53. The fourth-order valence-corrected chi connectivity index (χ4v) is 3.50. The molecule has 1 atom stereocenters. The van der Waals surface area contributed by atoms with Crippen LogP contribution in [0, 0.1) is 6.92 Å². The molecule has 0 spiro atoms. The average molecular weight is 346 g/mol. The highest BCUT2D eigenvalue weighted by Crippen LogP contribution is 2.29. The summed E-state index contributed by atoms with van der Waals surface area (Å²) in [6.07, 6.45) is 2.88. The van der Waals surface area contributed by atoms with Gasteiger partial charge in [0.05, 0.1) is 5.60 Å². The molecule has 1 fully saturated rings. The van der Waals surface area contributed by atoms with Crippen molar-refractivity contribution in [2.75, 3.05) is 27.2 Å². The second kappa shape index (κ2) is 8.48. The van der Waals surface area contributed by atoms with Crippen molar-refractivity contribution >= 4 is 11.8 Å². The molecule has 1 heterocycles. The Morgan fingerprint density at radius 2 is 2.04 bits per heavy atom. The number of ether oxygens (including phenoxy) is 1. The predicted octanol–water partition coefficient (Wildman–Crippen LogP) is 2.76. The molecule has 0 aromatic heterocycles. The minimum absolute atomic E-state index is 0.0733. The van der Waals surface area contributed by atoms with Crippen molar-refractivity contribution in [3.05, 3.63) is 35.4 Å². The smallest absolute Gasteiger partial charge is 0.222 e. The van der Waals surface area contributed by atoms with Gasteiger partial charge in [-0.05, 0) is 37.3 Å². The van der Waals surface area contributed by atoms with Gasteiger partial charge in [0.1, 0.15) is 0 Å². The van der Waals surface area contributed by atoms with E-state index in [1.54, 1.807) is 18.9 Å². The minimum atomic E-state index is -0.400. The maximum Gasteiger partial charge on any atom is 0.222 e. The number of piperidine rings is 1. The molecule has 25 heavy (non-hydrogen) atoms. The van der Waals surface area contributed by atoms with E-state index >= 15 is 0 Å². The van der Waals surface area contributed by atoms with E-state index in [1.807, 2.05) is 24.1 Å². The predicted molar refractivity (Wildman–Crippen MR) is 98.1 cm³/mol. The van der Waals surface area contributed by atoms with Crippen LogP contribution >= 0.6 is 0 Å². The van der Waals surface area contributed by atoms with Crippen LogP contribution in [0.5, 0.6) is 0 Å². The van der Waals surface area contributed by atoms with Crippen LogP contribution in [-0.4, -0.2) is 54.5 Å². The summed E-state index contributed by atoms with van der Waals surface area (Å²) in [5, 5.41) is 0. The molecule has 0 aliphatic carbocycles. The summed E-state index contributed by atoms with van der Waals surface area (Å²) in [6, 6.07) is 8.12. The summed E-state index contributed by atoms with van der Waals surface area (Å²) in [4.78, 5) is 27.8. The van der Waals surface area contributed by atoms with E-state index in [0.717, 1.165) is 19.4 Å². The van der Waals surface area contributed by atoms with E-state index in [1.165, 1.54) is 11.1 Å². The van der Waals surface area contributed by atoms with E-state index in [9.17, 15) is 9.59 Å². The molecule has 1 aliphatic heterocycles. The summed E-state index contributed by atoms with van der Waals surface area (Å²) in [5.41, 5.74) is 1.96. The van der Waals surface area contributed by atoms with E-state index < -0.39 is 5.60 Å². The van der Waals surface area contributed by atoms with E-state index in [4.69, 9.17) is 4.74 Å². The number of hydrogen-bond donors (Lipinski definition) is 0. The molecule has 0 N–H and O–H groups in total. The van der Waals surface area contributed by atoms with Crippen LogP contribution in [0.25, 0.3) is 0 Å². The van der Waals surface area contributed by atoms with Crippen molar-refractivity contribution in [3.63, 3.8) is 0 Å². The van der Waals surface area contributed by atoms with Crippen LogP contribution < -0.4 is 0 Å². The van der Waals surface area contributed by atoms with Gasteiger partial charge in [-0.2, -0.15) is 0 Å². The van der Waals surface area contributed by atoms with Crippen LogP contribution in [0.1, 0.15) is 43.7 Å². The first-order valence-electron chi connectivity index (χ1n) is 8.96. The number of rotatable bonds is 6. The lowest BCUT2D eigenvalue weighted by Crippen LogP contribution is -2.51. The molecule has 0 radical (unpaired) electrons. The summed E-state index contributed by atoms with van der Waals surface area (Å²) in [5.74, 6) is 0.184. The highest BCUT2D eigenvalue weighted by Gasteiger charge is 2.36. The first-order chi connectivity index (χ1) is 11.9. The highest BCUT2D eigenvalue weighted by molar-refractivity contribution is 5.76. The quantitative estimate of drug-likeness (QED) is 0.796. The standard InChI is InChI=1S/C20H30N2O3/c1-16-8-5-6-9-18(16)14-21(3)19(24)10-12-20(25-4)11-7-13-22(15-20)17(2)23/h5-6,8-9H,7,10-15H2,1-4H3. The molecule has 1 aromatic carbocycles. The highest BCUT2D eigenvalue weighted by atomic mass is 16.5. The Morgan fingerprint density at radius 3 is 2.68 bits per heavy atom. The number of amides is 2.